The second-order valence-electron chi connectivity index (χ2n) is 5.86. The first-order valence-corrected chi connectivity index (χ1v) is 9.95. The molecule has 0 aliphatic heterocycles. The average Bonchev–Trinajstić information content (AvgIpc) is 3.20. The van der Waals surface area contributed by atoms with E-state index in [1.807, 2.05) is 23.6 Å². The molecular formula is C17H17N5OS2. The van der Waals surface area contributed by atoms with Crippen LogP contribution >= 0.6 is 23.1 Å². The van der Waals surface area contributed by atoms with Crippen molar-refractivity contribution in [1.29, 1.82) is 0 Å². The molecule has 1 saturated carbocycles. The summed E-state index contributed by atoms with van der Waals surface area (Å²) in [6, 6.07) is 10.3. The number of rotatable bonds is 7. The van der Waals surface area contributed by atoms with Crippen LogP contribution in [0.2, 0.25) is 0 Å². The molecule has 1 aromatic carbocycles. The largest absolute Gasteiger partial charge is 0.301 e. The van der Waals surface area contributed by atoms with Gasteiger partial charge in [0.2, 0.25) is 5.91 Å². The highest BCUT2D eigenvalue weighted by molar-refractivity contribution is 7.99. The van der Waals surface area contributed by atoms with Gasteiger partial charge in [-0.2, -0.15) is 0 Å². The molecule has 8 heteroatoms. The standard InChI is InChI=1S/C17H17N5OS2/c23-14(19-16-18-8-9-24-16)11-25-17-21-20-15(13-6-7-13)22(17)10-12-4-2-1-3-5-12/h1-5,8-9,13H,6-7,10-11H2,(H,18,19,23). The summed E-state index contributed by atoms with van der Waals surface area (Å²) in [6.45, 7) is 0.732. The lowest BCUT2D eigenvalue weighted by Gasteiger charge is -2.10. The number of amides is 1. The number of benzene rings is 1. The number of nitrogens with one attached hydrogen (secondary N) is 1. The van der Waals surface area contributed by atoms with Gasteiger partial charge in [-0.05, 0) is 18.4 Å². The molecule has 0 saturated heterocycles. The second kappa shape index (κ2) is 7.37. The van der Waals surface area contributed by atoms with Crippen LogP contribution in [0, 0.1) is 0 Å². The Morgan fingerprint density at radius 2 is 2.12 bits per heavy atom. The van der Waals surface area contributed by atoms with Crippen molar-refractivity contribution in [2.45, 2.75) is 30.5 Å². The number of nitrogens with zero attached hydrogens (tertiary/aromatic N) is 4. The molecule has 0 atom stereocenters. The molecule has 25 heavy (non-hydrogen) atoms. The van der Waals surface area contributed by atoms with E-state index in [2.05, 4.69) is 37.2 Å². The van der Waals surface area contributed by atoms with E-state index < -0.39 is 0 Å². The molecule has 1 fully saturated rings. The van der Waals surface area contributed by atoms with Crippen molar-refractivity contribution >= 4 is 34.1 Å². The molecule has 2 heterocycles. The molecule has 1 N–H and O–H groups in total. The van der Waals surface area contributed by atoms with E-state index in [0.29, 0.717) is 11.0 Å². The number of carbonyl (C=O) groups is 1. The maximum absolute atomic E-state index is 12.1. The molecule has 0 spiro atoms. The summed E-state index contributed by atoms with van der Waals surface area (Å²) in [5.74, 6) is 1.75. The molecule has 0 unspecified atom stereocenters. The van der Waals surface area contributed by atoms with Crippen LogP contribution < -0.4 is 5.32 Å². The molecule has 0 bridgehead atoms. The minimum absolute atomic E-state index is 0.0813. The smallest absolute Gasteiger partial charge is 0.236 e. The van der Waals surface area contributed by atoms with E-state index in [1.165, 1.54) is 41.5 Å². The minimum atomic E-state index is -0.0813. The van der Waals surface area contributed by atoms with Gasteiger partial charge in [-0.15, -0.1) is 21.5 Å². The van der Waals surface area contributed by atoms with Crippen molar-refractivity contribution in [3.63, 3.8) is 0 Å². The first kappa shape index (κ1) is 16.3. The topological polar surface area (TPSA) is 72.7 Å². The van der Waals surface area contributed by atoms with Gasteiger partial charge in [0.15, 0.2) is 10.3 Å². The molecule has 4 rings (SSSR count). The van der Waals surface area contributed by atoms with Gasteiger partial charge >= 0.3 is 0 Å². The highest BCUT2D eigenvalue weighted by Gasteiger charge is 2.30. The third-order valence-electron chi connectivity index (χ3n) is 3.88. The van der Waals surface area contributed by atoms with Crippen LogP contribution in [0.4, 0.5) is 5.13 Å². The van der Waals surface area contributed by atoms with Crippen molar-refractivity contribution < 1.29 is 4.79 Å². The zero-order valence-electron chi connectivity index (χ0n) is 13.5. The van der Waals surface area contributed by atoms with E-state index in [1.54, 1.807) is 6.20 Å². The van der Waals surface area contributed by atoms with Gasteiger partial charge in [0.05, 0.1) is 12.3 Å². The van der Waals surface area contributed by atoms with E-state index in [4.69, 9.17) is 0 Å². The van der Waals surface area contributed by atoms with E-state index >= 15 is 0 Å². The lowest BCUT2D eigenvalue weighted by Crippen LogP contribution is -2.14. The van der Waals surface area contributed by atoms with Crippen LogP contribution in [0.15, 0.2) is 47.1 Å². The molecule has 1 aliphatic carbocycles. The Kier molecular flexibility index (Phi) is 4.80. The Morgan fingerprint density at radius 3 is 2.84 bits per heavy atom. The van der Waals surface area contributed by atoms with E-state index in [0.717, 1.165) is 17.5 Å². The van der Waals surface area contributed by atoms with Gasteiger partial charge < -0.3 is 9.88 Å². The Hall–Kier alpha value is -2.19. The Morgan fingerprint density at radius 1 is 1.28 bits per heavy atom. The summed E-state index contributed by atoms with van der Waals surface area (Å²) in [6.07, 6.45) is 4.01. The van der Waals surface area contributed by atoms with Gasteiger partial charge in [0.1, 0.15) is 5.82 Å². The monoisotopic (exact) mass is 371 g/mol. The first-order valence-electron chi connectivity index (χ1n) is 8.09. The van der Waals surface area contributed by atoms with Crippen molar-refractivity contribution in [2.24, 2.45) is 0 Å². The van der Waals surface area contributed by atoms with Crippen LogP contribution in [0.5, 0.6) is 0 Å². The highest BCUT2D eigenvalue weighted by atomic mass is 32.2. The van der Waals surface area contributed by atoms with Gasteiger partial charge in [0, 0.05) is 17.5 Å². The second-order valence-corrected chi connectivity index (χ2v) is 7.70. The maximum atomic E-state index is 12.1. The summed E-state index contributed by atoms with van der Waals surface area (Å²) in [4.78, 5) is 16.1. The van der Waals surface area contributed by atoms with Crippen molar-refractivity contribution in [2.75, 3.05) is 11.1 Å². The molecule has 3 aromatic rings. The van der Waals surface area contributed by atoms with E-state index in [9.17, 15) is 4.79 Å². The first-order chi connectivity index (χ1) is 12.3. The van der Waals surface area contributed by atoms with Crippen LogP contribution in [0.25, 0.3) is 0 Å². The van der Waals surface area contributed by atoms with Crippen LogP contribution in [-0.4, -0.2) is 31.4 Å². The van der Waals surface area contributed by atoms with Crippen molar-refractivity contribution in [1.82, 2.24) is 19.7 Å². The van der Waals surface area contributed by atoms with E-state index in [-0.39, 0.29) is 11.7 Å². The van der Waals surface area contributed by atoms with Gasteiger partial charge in [-0.25, -0.2) is 4.98 Å². The fourth-order valence-corrected chi connectivity index (χ4v) is 3.83. The summed E-state index contributed by atoms with van der Waals surface area (Å²) in [5, 5.41) is 14.7. The SMILES string of the molecule is O=C(CSc1nnc(C2CC2)n1Cc1ccccc1)Nc1nccs1. The Bertz CT molecular complexity index is 843. The minimum Gasteiger partial charge on any atom is -0.301 e. The average molecular weight is 371 g/mol. The molecule has 2 aromatic heterocycles. The third-order valence-corrected chi connectivity index (χ3v) is 5.54. The van der Waals surface area contributed by atoms with Gasteiger partial charge in [0.25, 0.3) is 0 Å². The lowest BCUT2D eigenvalue weighted by atomic mass is 10.2. The highest BCUT2D eigenvalue weighted by Crippen LogP contribution is 2.40. The van der Waals surface area contributed by atoms with Crippen LogP contribution in [0.3, 0.4) is 0 Å². The van der Waals surface area contributed by atoms with Gasteiger partial charge in [-0.3, -0.25) is 4.79 Å². The number of hydrogen-bond donors (Lipinski definition) is 1. The Labute approximate surface area is 153 Å². The number of hydrogen-bond acceptors (Lipinski definition) is 6. The quantitative estimate of drug-likeness (QED) is 0.645. The van der Waals surface area contributed by atoms with Crippen molar-refractivity contribution in [3.8, 4) is 0 Å². The lowest BCUT2D eigenvalue weighted by molar-refractivity contribution is -0.113. The van der Waals surface area contributed by atoms with Crippen LogP contribution in [0.1, 0.15) is 30.1 Å². The Balaban J connectivity index is 1.46. The molecule has 128 valence electrons. The summed E-state index contributed by atoms with van der Waals surface area (Å²) < 4.78 is 2.15. The molecule has 1 aliphatic rings. The zero-order chi connectivity index (χ0) is 17.1. The third kappa shape index (κ3) is 4.08. The number of anilines is 1. The van der Waals surface area contributed by atoms with Gasteiger partial charge in [-0.1, -0.05) is 42.1 Å². The predicted molar refractivity (Wildman–Crippen MR) is 99.0 cm³/mol. The van der Waals surface area contributed by atoms with Crippen molar-refractivity contribution in [3.05, 3.63) is 53.3 Å². The maximum Gasteiger partial charge on any atom is 0.236 e. The number of aromatic nitrogens is 4. The molecule has 1 amide bonds. The molecule has 0 radical (unpaired) electrons. The van der Waals surface area contributed by atoms with Crippen LogP contribution in [-0.2, 0) is 11.3 Å². The molecule has 6 nitrogen and oxygen atoms in total. The summed E-state index contributed by atoms with van der Waals surface area (Å²) in [5.41, 5.74) is 1.21. The summed E-state index contributed by atoms with van der Waals surface area (Å²) in [7, 11) is 0. The zero-order valence-corrected chi connectivity index (χ0v) is 15.1. The molecular weight excluding hydrogens is 354 g/mol. The predicted octanol–water partition coefficient (Wildman–Crippen LogP) is 3.39. The fourth-order valence-electron chi connectivity index (χ4n) is 2.54. The summed E-state index contributed by atoms with van der Waals surface area (Å²) >= 11 is 2.83. The number of carbonyl (C=O) groups excluding carboxylic acids is 1. The normalized spacial score (nSPS) is 13.8. The number of thiazole rings is 1. The number of thioether (sulfide) groups is 1. The fraction of sp³-hybridized carbons (Fsp3) is 0.294.